The Morgan fingerprint density at radius 2 is 2.05 bits per heavy atom. The number of hydrogen-bond acceptors (Lipinski definition) is 3. The van der Waals surface area contributed by atoms with Gasteiger partial charge in [0.15, 0.2) is 5.96 Å². The van der Waals surface area contributed by atoms with Crippen LogP contribution in [0.1, 0.15) is 57.2 Å². The van der Waals surface area contributed by atoms with Crippen LogP contribution in [0.3, 0.4) is 0 Å². The number of aromatic nitrogens is 1. The first kappa shape index (κ1) is 17.0. The van der Waals surface area contributed by atoms with Gasteiger partial charge in [0.05, 0.1) is 17.2 Å². The van der Waals surface area contributed by atoms with Crippen LogP contribution in [0, 0.1) is 0 Å². The van der Waals surface area contributed by atoms with Gasteiger partial charge in [-0.25, -0.2) is 9.98 Å². The molecule has 0 spiro atoms. The number of hydrogen-bond donors (Lipinski definition) is 2. The van der Waals surface area contributed by atoms with Gasteiger partial charge in [-0.2, -0.15) is 0 Å². The van der Waals surface area contributed by atoms with E-state index < -0.39 is 0 Å². The molecule has 0 aliphatic rings. The van der Waals surface area contributed by atoms with Crippen LogP contribution in [0.5, 0.6) is 0 Å². The molecule has 2 N–H and O–H groups in total. The fraction of sp³-hybridized carbons (Fsp3) is 0.733. The van der Waals surface area contributed by atoms with Crippen LogP contribution in [-0.4, -0.2) is 24.0 Å². The molecule has 20 heavy (non-hydrogen) atoms. The van der Waals surface area contributed by atoms with Crippen LogP contribution in [-0.2, 0) is 13.0 Å². The highest BCUT2D eigenvalue weighted by atomic mass is 32.1. The molecule has 0 saturated carbocycles. The molecule has 0 radical (unpaired) electrons. The number of thiazole rings is 1. The van der Waals surface area contributed by atoms with Crippen molar-refractivity contribution in [2.45, 2.75) is 59.4 Å². The minimum Gasteiger partial charge on any atom is -0.357 e. The van der Waals surface area contributed by atoms with E-state index in [1.165, 1.54) is 30.7 Å². The Labute approximate surface area is 127 Å². The quantitative estimate of drug-likeness (QED) is 0.417. The summed E-state index contributed by atoms with van der Waals surface area (Å²) in [5.41, 5.74) is 1.06. The van der Waals surface area contributed by atoms with Crippen molar-refractivity contribution in [2.75, 3.05) is 13.1 Å². The highest BCUT2D eigenvalue weighted by Crippen LogP contribution is 2.10. The van der Waals surface area contributed by atoms with Crippen molar-refractivity contribution in [2.24, 2.45) is 4.99 Å². The summed E-state index contributed by atoms with van der Waals surface area (Å²) in [6.45, 7) is 8.99. The molecular weight excluding hydrogens is 268 g/mol. The number of guanidine groups is 1. The molecular formula is C15H28N4S. The standard InChI is InChI=1S/C15H28N4S/c1-4-7-8-9-10-17-15(16-6-3)18-11-13-12-20-14(5-2)19-13/h12H,4-11H2,1-3H3,(H2,16,17,18). The van der Waals surface area contributed by atoms with Gasteiger partial charge in [0.2, 0.25) is 0 Å². The fourth-order valence-corrected chi connectivity index (χ4v) is 2.58. The molecule has 0 unspecified atom stereocenters. The lowest BCUT2D eigenvalue weighted by atomic mass is 10.2. The summed E-state index contributed by atoms with van der Waals surface area (Å²) in [6, 6.07) is 0. The van der Waals surface area contributed by atoms with Gasteiger partial charge in [-0.05, 0) is 19.8 Å². The van der Waals surface area contributed by atoms with E-state index in [0.29, 0.717) is 6.54 Å². The Kier molecular flexibility index (Phi) is 9.04. The van der Waals surface area contributed by atoms with E-state index in [4.69, 9.17) is 0 Å². The average Bonchev–Trinajstić information content (AvgIpc) is 2.92. The van der Waals surface area contributed by atoms with Crippen molar-refractivity contribution in [3.8, 4) is 0 Å². The molecule has 0 aromatic carbocycles. The Morgan fingerprint density at radius 1 is 1.20 bits per heavy atom. The SMILES string of the molecule is CCCCCCNC(=NCc1csc(CC)n1)NCC. The Hall–Kier alpha value is -1.10. The van der Waals surface area contributed by atoms with Gasteiger partial charge in [0.25, 0.3) is 0 Å². The van der Waals surface area contributed by atoms with E-state index >= 15 is 0 Å². The van der Waals surface area contributed by atoms with Crippen molar-refractivity contribution >= 4 is 17.3 Å². The van der Waals surface area contributed by atoms with E-state index in [1.807, 2.05) is 0 Å². The first-order chi connectivity index (χ1) is 9.80. The minimum atomic E-state index is 0.654. The predicted molar refractivity (Wildman–Crippen MR) is 88.5 cm³/mol. The van der Waals surface area contributed by atoms with Crippen LogP contribution in [0.25, 0.3) is 0 Å². The third-order valence-electron chi connectivity index (χ3n) is 2.97. The molecule has 4 nitrogen and oxygen atoms in total. The van der Waals surface area contributed by atoms with Gasteiger partial charge >= 0.3 is 0 Å². The fourth-order valence-electron chi connectivity index (χ4n) is 1.84. The van der Waals surface area contributed by atoms with Gasteiger partial charge in [-0.1, -0.05) is 33.1 Å². The van der Waals surface area contributed by atoms with E-state index in [9.17, 15) is 0 Å². The van der Waals surface area contributed by atoms with Crippen molar-refractivity contribution < 1.29 is 0 Å². The molecule has 1 aromatic heterocycles. The van der Waals surface area contributed by atoms with Crippen molar-refractivity contribution in [3.05, 3.63) is 16.1 Å². The lowest BCUT2D eigenvalue weighted by molar-refractivity contribution is 0.647. The van der Waals surface area contributed by atoms with E-state index in [1.54, 1.807) is 11.3 Å². The molecule has 0 aliphatic heterocycles. The summed E-state index contributed by atoms with van der Waals surface area (Å²) >= 11 is 1.72. The maximum Gasteiger partial charge on any atom is 0.191 e. The van der Waals surface area contributed by atoms with Gasteiger partial charge in [-0.3, -0.25) is 0 Å². The second kappa shape index (κ2) is 10.7. The highest BCUT2D eigenvalue weighted by molar-refractivity contribution is 7.09. The van der Waals surface area contributed by atoms with Crippen LogP contribution in [0.4, 0.5) is 0 Å². The van der Waals surface area contributed by atoms with Gasteiger partial charge in [0.1, 0.15) is 0 Å². The maximum absolute atomic E-state index is 4.59. The normalized spacial score (nSPS) is 11.7. The lowest BCUT2D eigenvalue weighted by Gasteiger charge is -2.10. The number of aliphatic imine (C=N–C) groups is 1. The van der Waals surface area contributed by atoms with Gasteiger partial charge < -0.3 is 10.6 Å². The van der Waals surface area contributed by atoms with Crippen molar-refractivity contribution in [1.29, 1.82) is 0 Å². The van der Waals surface area contributed by atoms with Crippen LogP contribution in [0.2, 0.25) is 0 Å². The zero-order chi connectivity index (χ0) is 14.6. The van der Waals surface area contributed by atoms with Crippen LogP contribution in [0.15, 0.2) is 10.4 Å². The molecule has 0 amide bonds. The monoisotopic (exact) mass is 296 g/mol. The number of aryl methyl sites for hydroxylation is 1. The molecule has 0 fully saturated rings. The van der Waals surface area contributed by atoms with Gasteiger partial charge in [0, 0.05) is 18.5 Å². The summed E-state index contributed by atoms with van der Waals surface area (Å²) in [5.74, 6) is 0.898. The predicted octanol–water partition coefficient (Wildman–Crippen LogP) is 3.34. The van der Waals surface area contributed by atoms with Gasteiger partial charge in [-0.15, -0.1) is 11.3 Å². The Morgan fingerprint density at radius 3 is 2.70 bits per heavy atom. The smallest absolute Gasteiger partial charge is 0.191 e. The Balaban J connectivity index is 2.37. The first-order valence-corrected chi connectivity index (χ1v) is 8.63. The largest absolute Gasteiger partial charge is 0.357 e. The molecule has 5 heteroatoms. The minimum absolute atomic E-state index is 0.654. The number of unbranched alkanes of at least 4 members (excludes halogenated alkanes) is 3. The third kappa shape index (κ3) is 6.89. The molecule has 0 saturated heterocycles. The van der Waals surface area contributed by atoms with Crippen molar-refractivity contribution in [1.82, 2.24) is 15.6 Å². The zero-order valence-electron chi connectivity index (χ0n) is 13.0. The van der Waals surface area contributed by atoms with E-state index in [0.717, 1.165) is 31.2 Å². The summed E-state index contributed by atoms with van der Waals surface area (Å²) in [6.07, 6.45) is 6.08. The first-order valence-electron chi connectivity index (χ1n) is 7.75. The second-order valence-electron chi connectivity index (χ2n) is 4.77. The van der Waals surface area contributed by atoms with E-state index in [-0.39, 0.29) is 0 Å². The molecule has 1 aromatic rings. The summed E-state index contributed by atoms with van der Waals surface area (Å²) in [4.78, 5) is 9.13. The Bertz CT molecular complexity index is 387. The molecule has 0 aliphatic carbocycles. The van der Waals surface area contributed by atoms with Crippen molar-refractivity contribution in [3.63, 3.8) is 0 Å². The average molecular weight is 296 g/mol. The molecule has 0 bridgehead atoms. The topological polar surface area (TPSA) is 49.3 Å². The maximum atomic E-state index is 4.59. The summed E-state index contributed by atoms with van der Waals surface area (Å²) in [5, 5.41) is 9.96. The number of nitrogens with one attached hydrogen (secondary N) is 2. The second-order valence-corrected chi connectivity index (χ2v) is 5.71. The molecule has 114 valence electrons. The van der Waals surface area contributed by atoms with Crippen LogP contribution >= 0.6 is 11.3 Å². The summed E-state index contributed by atoms with van der Waals surface area (Å²) in [7, 11) is 0. The zero-order valence-corrected chi connectivity index (χ0v) is 13.9. The number of nitrogens with zero attached hydrogens (tertiary/aromatic N) is 2. The highest BCUT2D eigenvalue weighted by Gasteiger charge is 2.01. The summed E-state index contributed by atoms with van der Waals surface area (Å²) < 4.78 is 0. The molecule has 0 atom stereocenters. The lowest BCUT2D eigenvalue weighted by Crippen LogP contribution is -2.37. The third-order valence-corrected chi connectivity index (χ3v) is 4.01. The van der Waals surface area contributed by atoms with Crippen LogP contribution < -0.4 is 10.6 Å². The molecule has 1 rings (SSSR count). The van der Waals surface area contributed by atoms with E-state index in [2.05, 4.69) is 46.8 Å². The number of rotatable bonds is 9. The molecule has 1 heterocycles.